The Hall–Kier alpha value is -2.64. The SMILES string of the molecule is NC1=NC2(C(=O)N1CC(F)(F)F)c1cc(OCC(F)(F)F)ccc1CC21CCC(OC(F)F)CC1. The van der Waals surface area contributed by atoms with Crippen molar-refractivity contribution in [1.29, 1.82) is 0 Å². The van der Waals surface area contributed by atoms with E-state index in [1.54, 1.807) is 0 Å². The minimum absolute atomic E-state index is 0.0828. The van der Waals surface area contributed by atoms with E-state index in [9.17, 15) is 39.9 Å². The van der Waals surface area contributed by atoms with Crippen LogP contribution in [-0.2, 0) is 21.5 Å². The summed E-state index contributed by atoms with van der Waals surface area (Å²) in [5.74, 6) is -1.98. The minimum Gasteiger partial charge on any atom is -0.484 e. The zero-order valence-corrected chi connectivity index (χ0v) is 18.1. The number of fused-ring (bicyclic) bond motifs is 3. The number of guanidine groups is 1. The van der Waals surface area contributed by atoms with Gasteiger partial charge in [-0.15, -0.1) is 0 Å². The van der Waals surface area contributed by atoms with E-state index < -0.39 is 61.0 Å². The van der Waals surface area contributed by atoms with Crippen molar-refractivity contribution >= 4 is 11.9 Å². The molecule has 1 saturated carbocycles. The quantitative estimate of drug-likeness (QED) is 0.595. The van der Waals surface area contributed by atoms with Gasteiger partial charge in [-0.2, -0.15) is 35.1 Å². The first-order valence-corrected chi connectivity index (χ1v) is 10.7. The molecule has 0 radical (unpaired) electrons. The van der Waals surface area contributed by atoms with E-state index in [1.165, 1.54) is 18.2 Å². The van der Waals surface area contributed by atoms with Crippen molar-refractivity contribution < 1.29 is 49.4 Å². The van der Waals surface area contributed by atoms with E-state index in [2.05, 4.69) is 9.73 Å². The highest BCUT2D eigenvalue weighted by Gasteiger charge is 2.67. The number of carbonyl (C=O) groups excluding carboxylic acids is 1. The molecule has 0 saturated heterocycles. The highest BCUT2D eigenvalue weighted by atomic mass is 19.4. The second-order valence-electron chi connectivity index (χ2n) is 8.96. The van der Waals surface area contributed by atoms with Crippen LogP contribution in [0.4, 0.5) is 35.1 Å². The minimum atomic E-state index is -4.80. The molecule has 2 aliphatic carbocycles. The van der Waals surface area contributed by atoms with Crippen LogP contribution in [0.15, 0.2) is 23.2 Å². The van der Waals surface area contributed by atoms with Gasteiger partial charge in [-0.05, 0) is 55.4 Å². The van der Waals surface area contributed by atoms with E-state index in [0.29, 0.717) is 10.5 Å². The van der Waals surface area contributed by atoms with Crippen LogP contribution in [0, 0.1) is 5.41 Å². The smallest absolute Gasteiger partial charge is 0.422 e. The third-order valence-electron chi connectivity index (χ3n) is 6.81. The van der Waals surface area contributed by atoms with E-state index in [1.807, 2.05) is 0 Å². The standard InChI is InChI=1S/C21H21F8N3O3/c22-16(23)35-12-3-5-18(6-4-12)8-11-1-2-13(34-10-20(27,28)29)7-14(11)21(18)15(33)32(17(30)31-21)9-19(24,25)26/h1-2,7,12,16H,3-6,8-10H2,(H2,30,31). The van der Waals surface area contributed by atoms with Crippen LogP contribution in [-0.4, -0.2) is 55.0 Å². The van der Waals surface area contributed by atoms with E-state index in [4.69, 9.17) is 10.5 Å². The Morgan fingerprint density at radius 1 is 1.11 bits per heavy atom. The van der Waals surface area contributed by atoms with E-state index >= 15 is 0 Å². The largest absolute Gasteiger partial charge is 0.484 e. The van der Waals surface area contributed by atoms with Crippen molar-refractivity contribution in [1.82, 2.24) is 4.90 Å². The fraction of sp³-hybridized carbons (Fsp3) is 0.619. The maximum absolute atomic E-state index is 13.6. The van der Waals surface area contributed by atoms with Gasteiger partial charge in [0.1, 0.15) is 12.3 Å². The number of alkyl halides is 8. The molecule has 1 atom stereocenters. The van der Waals surface area contributed by atoms with Gasteiger partial charge in [0.2, 0.25) is 0 Å². The number of benzene rings is 1. The first-order chi connectivity index (χ1) is 16.2. The molecule has 4 rings (SSSR count). The Morgan fingerprint density at radius 2 is 1.77 bits per heavy atom. The number of hydrogen-bond donors (Lipinski definition) is 1. The summed E-state index contributed by atoms with van der Waals surface area (Å²) in [5.41, 5.74) is 3.28. The molecular weight excluding hydrogens is 494 g/mol. The van der Waals surface area contributed by atoms with Crippen LogP contribution < -0.4 is 10.5 Å². The van der Waals surface area contributed by atoms with Gasteiger partial charge in [-0.25, -0.2) is 4.99 Å². The number of aliphatic imine (C=N–C) groups is 1. The first kappa shape index (κ1) is 25.5. The highest BCUT2D eigenvalue weighted by molar-refractivity contribution is 6.08. The normalized spacial score (nSPS) is 28.8. The molecule has 3 aliphatic rings. The number of hydrogen-bond acceptors (Lipinski definition) is 5. The summed E-state index contributed by atoms with van der Waals surface area (Å²) >= 11 is 0. The van der Waals surface area contributed by atoms with Crippen LogP contribution in [0.2, 0.25) is 0 Å². The fourth-order valence-corrected chi connectivity index (χ4v) is 5.48. The molecule has 1 aliphatic heterocycles. The van der Waals surface area contributed by atoms with Gasteiger partial charge >= 0.3 is 19.0 Å². The van der Waals surface area contributed by atoms with Crippen molar-refractivity contribution in [3.05, 3.63) is 29.3 Å². The van der Waals surface area contributed by atoms with Gasteiger partial charge in [-0.1, -0.05) is 6.07 Å². The molecule has 0 aromatic heterocycles. The van der Waals surface area contributed by atoms with Crippen LogP contribution in [0.3, 0.4) is 0 Å². The molecule has 6 nitrogen and oxygen atoms in total. The Bertz CT molecular complexity index is 1020. The third-order valence-corrected chi connectivity index (χ3v) is 6.81. The average Bonchev–Trinajstić information content (AvgIpc) is 3.13. The third kappa shape index (κ3) is 4.64. The van der Waals surface area contributed by atoms with Crippen LogP contribution in [0.25, 0.3) is 0 Å². The molecule has 1 fully saturated rings. The first-order valence-electron chi connectivity index (χ1n) is 10.7. The number of rotatable bonds is 5. The Morgan fingerprint density at radius 3 is 2.34 bits per heavy atom. The number of nitrogens with zero attached hydrogens (tertiary/aromatic N) is 2. The maximum atomic E-state index is 13.6. The molecule has 1 amide bonds. The van der Waals surface area contributed by atoms with Gasteiger partial charge in [0.15, 0.2) is 18.1 Å². The second kappa shape index (κ2) is 8.49. The lowest BCUT2D eigenvalue weighted by atomic mass is 9.61. The lowest BCUT2D eigenvalue weighted by Gasteiger charge is -2.45. The van der Waals surface area contributed by atoms with E-state index in [-0.39, 0.29) is 43.4 Å². The monoisotopic (exact) mass is 515 g/mol. The van der Waals surface area contributed by atoms with Gasteiger partial charge in [0.25, 0.3) is 5.91 Å². The van der Waals surface area contributed by atoms with Crippen LogP contribution >= 0.6 is 0 Å². The van der Waals surface area contributed by atoms with Crippen molar-refractivity contribution in [2.75, 3.05) is 13.2 Å². The summed E-state index contributed by atoms with van der Waals surface area (Å²) in [6, 6.07) is 3.87. The summed E-state index contributed by atoms with van der Waals surface area (Å²) in [6.07, 6.45) is -9.76. The number of halogens is 8. The van der Waals surface area contributed by atoms with Crippen molar-refractivity contribution in [2.24, 2.45) is 16.1 Å². The summed E-state index contributed by atoms with van der Waals surface area (Å²) in [5, 5.41) is 0. The molecule has 0 bridgehead atoms. The Kier molecular flexibility index (Phi) is 6.17. The number of ether oxygens (including phenoxy) is 2. The summed E-state index contributed by atoms with van der Waals surface area (Å²) in [6.45, 7) is -6.33. The summed E-state index contributed by atoms with van der Waals surface area (Å²) in [7, 11) is 0. The van der Waals surface area contributed by atoms with Crippen molar-refractivity contribution in [3.8, 4) is 5.75 Å². The molecule has 1 heterocycles. The molecule has 35 heavy (non-hydrogen) atoms. The fourth-order valence-electron chi connectivity index (χ4n) is 5.48. The molecular formula is C21H21F8N3O3. The van der Waals surface area contributed by atoms with E-state index in [0.717, 1.165) is 0 Å². The molecule has 2 spiro atoms. The number of nitrogens with two attached hydrogens (primary N) is 1. The zero-order chi connectivity index (χ0) is 25.8. The predicted molar refractivity (Wildman–Crippen MR) is 105 cm³/mol. The zero-order valence-electron chi connectivity index (χ0n) is 18.1. The van der Waals surface area contributed by atoms with Gasteiger partial charge < -0.3 is 15.2 Å². The van der Waals surface area contributed by atoms with Gasteiger partial charge in [0.05, 0.1) is 6.10 Å². The lowest BCUT2D eigenvalue weighted by molar-refractivity contribution is -0.179. The molecule has 1 aromatic rings. The molecule has 1 aromatic carbocycles. The number of carbonyl (C=O) groups is 1. The predicted octanol–water partition coefficient (Wildman–Crippen LogP) is 4.27. The molecule has 194 valence electrons. The lowest BCUT2D eigenvalue weighted by Crippen LogP contribution is -2.53. The van der Waals surface area contributed by atoms with Gasteiger partial charge in [0, 0.05) is 5.41 Å². The summed E-state index contributed by atoms with van der Waals surface area (Å²) < 4.78 is 112. The maximum Gasteiger partial charge on any atom is 0.422 e. The second-order valence-corrected chi connectivity index (χ2v) is 8.96. The van der Waals surface area contributed by atoms with Crippen LogP contribution in [0.5, 0.6) is 5.75 Å². The van der Waals surface area contributed by atoms with Crippen LogP contribution in [0.1, 0.15) is 36.8 Å². The molecule has 14 heteroatoms. The topological polar surface area (TPSA) is 77.2 Å². The van der Waals surface area contributed by atoms with Crippen molar-refractivity contribution in [2.45, 2.75) is 62.7 Å². The summed E-state index contributed by atoms with van der Waals surface area (Å²) in [4.78, 5) is 18.1. The molecule has 2 N–H and O–H groups in total. The van der Waals surface area contributed by atoms with Crippen molar-refractivity contribution in [3.63, 3.8) is 0 Å². The highest BCUT2D eigenvalue weighted by Crippen LogP contribution is 2.62. The average molecular weight is 515 g/mol. The van der Waals surface area contributed by atoms with Gasteiger partial charge in [-0.3, -0.25) is 9.69 Å². The Labute approximate surface area is 194 Å². The molecule has 1 unspecified atom stereocenters. The number of amides is 1. The Balaban J connectivity index is 1.75.